The van der Waals surface area contributed by atoms with Gasteiger partial charge in [-0.2, -0.15) is 5.10 Å². The van der Waals surface area contributed by atoms with Gasteiger partial charge in [-0.25, -0.2) is 5.43 Å². The molecule has 0 saturated carbocycles. The first-order valence-corrected chi connectivity index (χ1v) is 13.5. The fraction of sp³-hybridized carbons (Fsp3) is 0.167. The predicted octanol–water partition coefficient (Wildman–Crippen LogP) is 6.12. The van der Waals surface area contributed by atoms with Gasteiger partial charge in [-0.3, -0.25) is 19.7 Å². The summed E-state index contributed by atoms with van der Waals surface area (Å²) in [5.74, 6) is 0.0141. The number of aryl methyl sites for hydroxylation is 1. The number of nitro groups is 1. The van der Waals surface area contributed by atoms with Gasteiger partial charge in [0.25, 0.3) is 17.5 Å². The maximum absolute atomic E-state index is 13.1. The fourth-order valence-electron chi connectivity index (χ4n) is 4.01. The van der Waals surface area contributed by atoms with E-state index in [4.69, 9.17) is 32.4 Å². The van der Waals surface area contributed by atoms with Crippen molar-refractivity contribution in [2.24, 2.45) is 5.10 Å². The smallest absolute Gasteiger partial charge is 0.269 e. The minimum absolute atomic E-state index is 0.0146. The van der Waals surface area contributed by atoms with E-state index in [0.29, 0.717) is 27.7 Å². The van der Waals surface area contributed by atoms with Crippen LogP contribution in [0.4, 0.5) is 5.69 Å². The monoisotopic (exact) mass is 608 g/mol. The second-order valence-electron chi connectivity index (χ2n) is 9.28. The topological polar surface area (TPSA) is 136 Å². The highest BCUT2D eigenvalue weighted by molar-refractivity contribution is 6.35. The van der Waals surface area contributed by atoms with Crippen molar-refractivity contribution in [3.63, 3.8) is 0 Å². The number of hydrogen-bond donors (Lipinski definition) is 2. The standard InChI is InChI=1S/C30H26Cl2N4O6/c1-18-14-22(36(39)40)9-11-24(18)27-13-10-23(42-27)17-33-35-30(38)26(15-20-6-4-3-5-7-20)34-29(37)19(2)41-28-12-8-21(31)16-25(28)32/h3-14,16-17,19,26H,15H2,1-2H3,(H,34,37)(H,35,38)/b33-17-/t19-,26+/m0/s1. The largest absolute Gasteiger partial charge is 0.479 e. The highest BCUT2D eigenvalue weighted by Gasteiger charge is 2.25. The lowest BCUT2D eigenvalue weighted by Gasteiger charge is -2.21. The molecule has 0 fully saturated rings. The molecule has 12 heteroatoms. The highest BCUT2D eigenvalue weighted by Crippen LogP contribution is 2.29. The van der Waals surface area contributed by atoms with Crippen LogP contribution in [0.25, 0.3) is 11.3 Å². The van der Waals surface area contributed by atoms with E-state index in [2.05, 4.69) is 15.8 Å². The van der Waals surface area contributed by atoms with E-state index in [-0.39, 0.29) is 22.9 Å². The first kappa shape index (κ1) is 30.3. The van der Waals surface area contributed by atoms with Crippen LogP contribution in [-0.4, -0.2) is 35.1 Å². The molecule has 0 aliphatic heterocycles. The third-order valence-electron chi connectivity index (χ3n) is 6.16. The van der Waals surface area contributed by atoms with E-state index in [0.717, 1.165) is 5.56 Å². The Bertz CT molecular complexity index is 1620. The molecule has 1 aromatic heterocycles. The Morgan fingerprint density at radius 2 is 1.81 bits per heavy atom. The molecule has 1 heterocycles. The molecule has 2 amide bonds. The van der Waals surface area contributed by atoms with E-state index in [1.807, 2.05) is 30.3 Å². The van der Waals surface area contributed by atoms with Crippen molar-refractivity contribution in [1.29, 1.82) is 0 Å². The lowest BCUT2D eigenvalue weighted by atomic mass is 10.1. The van der Waals surface area contributed by atoms with Gasteiger partial charge in [0, 0.05) is 29.1 Å². The number of carbonyl (C=O) groups excluding carboxylic acids is 2. The quantitative estimate of drug-likeness (QED) is 0.120. The average molecular weight is 609 g/mol. The van der Waals surface area contributed by atoms with E-state index < -0.39 is 28.9 Å². The molecular formula is C30H26Cl2N4O6. The van der Waals surface area contributed by atoms with Gasteiger partial charge in [0.1, 0.15) is 23.3 Å². The number of rotatable bonds is 11. The number of non-ortho nitro benzene ring substituents is 1. The Balaban J connectivity index is 1.43. The molecule has 0 radical (unpaired) electrons. The lowest BCUT2D eigenvalue weighted by molar-refractivity contribution is -0.384. The molecule has 0 unspecified atom stereocenters. The molecule has 4 aromatic rings. The van der Waals surface area contributed by atoms with E-state index in [9.17, 15) is 19.7 Å². The van der Waals surface area contributed by atoms with Crippen LogP contribution in [-0.2, 0) is 16.0 Å². The molecule has 0 aliphatic rings. The Kier molecular flexibility index (Phi) is 9.95. The summed E-state index contributed by atoms with van der Waals surface area (Å²) in [6.45, 7) is 3.28. The first-order valence-electron chi connectivity index (χ1n) is 12.7. The number of halogens is 2. The third kappa shape index (κ3) is 7.96. The Morgan fingerprint density at radius 3 is 2.50 bits per heavy atom. The van der Waals surface area contributed by atoms with Gasteiger partial charge in [-0.1, -0.05) is 53.5 Å². The van der Waals surface area contributed by atoms with Gasteiger partial charge in [0.05, 0.1) is 16.2 Å². The van der Waals surface area contributed by atoms with Crippen LogP contribution in [0.15, 0.2) is 88.4 Å². The Hall–Kier alpha value is -4.67. The number of hydrogen-bond acceptors (Lipinski definition) is 7. The summed E-state index contributed by atoms with van der Waals surface area (Å²) in [6, 6.07) is 20.7. The third-order valence-corrected chi connectivity index (χ3v) is 6.69. The van der Waals surface area contributed by atoms with Crippen molar-refractivity contribution >= 4 is 46.9 Å². The minimum atomic E-state index is -0.973. The fourth-order valence-corrected chi connectivity index (χ4v) is 4.46. The molecule has 4 rings (SSSR count). The van der Waals surface area contributed by atoms with Gasteiger partial charge < -0.3 is 14.5 Å². The second-order valence-corrected chi connectivity index (χ2v) is 10.1. The van der Waals surface area contributed by atoms with E-state index >= 15 is 0 Å². The van der Waals surface area contributed by atoms with Crippen LogP contribution in [0.1, 0.15) is 23.8 Å². The summed E-state index contributed by atoms with van der Waals surface area (Å²) in [4.78, 5) is 36.6. The maximum atomic E-state index is 13.1. The number of nitrogens with zero attached hydrogens (tertiary/aromatic N) is 2. The SMILES string of the molecule is Cc1cc([N+](=O)[O-])ccc1-c1ccc(/C=N\NC(=O)[C@@H](Cc2ccccc2)NC(=O)[C@H](C)Oc2ccc(Cl)cc2Cl)o1. The van der Waals surface area contributed by atoms with E-state index in [1.165, 1.54) is 31.3 Å². The predicted molar refractivity (Wildman–Crippen MR) is 160 cm³/mol. The zero-order valence-corrected chi connectivity index (χ0v) is 24.1. The van der Waals surface area contributed by atoms with Crippen molar-refractivity contribution < 1.29 is 23.7 Å². The molecule has 3 aromatic carbocycles. The number of furan rings is 1. The molecule has 0 spiro atoms. The highest BCUT2D eigenvalue weighted by atomic mass is 35.5. The zero-order valence-electron chi connectivity index (χ0n) is 22.5. The van der Waals surface area contributed by atoms with Crippen LogP contribution < -0.4 is 15.5 Å². The second kappa shape index (κ2) is 13.8. The van der Waals surface area contributed by atoms with Crippen molar-refractivity contribution in [1.82, 2.24) is 10.7 Å². The van der Waals surface area contributed by atoms with Crippen LogP contribution in [0, 0.1) is 17.0 Å². The van der Waals surface area contributed by atoms with Crippen molar-refractivity contribution in [3.05, 3.63) is 116 Å². The van der Waals surface area contributed by atoms with Gasteiger partial charge in [0.15, 0.2) is 6.10 Å². The number of hydrazone groups is 1. The maximum Gasteiger partial charge on any atom is 0.269 e. The minimum Gasteiger partial charge on any atom is -0.479 e. The molecule has 0 saturated heterocycles. The normalized spacial score (nSPS) is 12.5. The summed E-state index contributed by atoms with van der Waals surface area (Å²) < 4.78 is 11.5. The van der Waals surface area contributed by atoms with Crippen LogP contribution in [0.5, 0.6) is 5.75 Å². The summed E-state index contributed by atoms with van der Waals surface area (Å²) in [7, 11) is 0. The summed E-state index contributed by atoms with van der Waals surface area (Å²) in [5, 5.41) is 18.4. The number of nitro benzene ring substituents is 1. The zero-order chi connectivity index (χ0) is 30.2. The molecular weight excluding hydrogens is 583 g/mol. The van der Waals surface area contributed by atoms with Crippen molar-refractivity contribution in [3.8, 4) is 17.1 Å². The molecule has 0 aliphatic carbocycles. The van der Waals surface area contributed by atoms with Crippen molar-refractivity contribution in [2.75, 3.05) is 0 Å². The van der Waals surface area contributed by atoms with Crippen LogP contribution in [0.2, 0.25) is 10.0 Å². The summed E-state index contributed by atoms with van der Waals surface area (Å²) in [6.07, 6.45) is 0.549. The molecule has 0 bridgehead atoms. The van der Waals surface area contributed by atoms with Gasteiger partial charge in [-0.15, -0.1) is 0 Å². The van der Waals surface area contributed by atoms with Gasteiger partial charge in [-0.05, 0) is 61.4 Å². The van der Waals surface area contributed by atoms with E-state index in [1.54, 1.807) is 37.3 Å². The summed E-state index contributed by atoms with van der Waals surface area (Å²) >= 11 is 12.1. The average Bonchev–Trinajstić information content (AvgIpc) is 3.43. The molecule has 216 valence electrons. The molecule has 2 atom stereocenters. The number of amides is 2. The number of ether oxygens (including phenoxy) is 1. The summed E-state index contributed by atoms with van der Waals surface area (Å²) in [5.41, 5.74) is 4.61. The van der Waals surface area contributed by atoms with Crippen LogP contribution >= 0.6 is 23.2 Å². The van der Waals surface area contributed by atoms with Gasteiger partial charge in [0.2, 0.25) is 0 Å². The molecule has 2 N–H and O–H groups in total. The first-order chi connectivity index (χ1) is 20.1. The Labute approximate surface area is 251 Å². The lowest BCUT2D eigenvalue weighted by Crippen LogP contribution is -2.50. The van der Waals surface area contributed by atoms with Gasteiger partial charge >= 0.3 is 0 Å². The molecule has 10 nitrogen and oxygen atoms in total. The number of benzene rings is 3. The van der Waals surface area contributed by atoms with Crippen molar-refractivity contribution in [2.45, 2.75) is 32.4 Å². The number of nitrogens with one attached hydrogen (secondary N) is 2. The number of carbonyl (C=O) groups is 2. The van der Waals surface area contributed by atoms with Crippen LogP contribution in [0.3, 0.4) is 0 Å². The Morgan fingerprint density at radius 1 is 1.05 bits per heavy atom. The molecule has 42 heavy (non-hydrogen) atoms.